The topological polar surface area (TPSA) is 74.3 Å². The van der Waals surface area contributed by atoms with E-state index in [9.17, 15) is 9.59 Å². The summed E-state index contributed by atoms with van der Waals surface area (Å²) in [5.74, 6) is 0.141. The average Bonchev–Trinajstić information content (AvgIpc) is 3.27. The second-order valence-corrected chi connectivity index (χ2v) is 9.02. The van der Waals surface area contributed by atoms with Crippen LogP contribution in [0.15, 0.2) is 42.7 Å². The van der Waals surface area contributed by atoms with Crippen molar-refractivity contribution in [1.82, 2.24) is 15.2 Å². The van der Waals surface area contributed by atoms with Crippen LogP contribution in [0, 0.1) is 5.92 Å². The number of nitrogens with one attached hydrogen (secondary N) is 2. The second-order valence-electron chi connectivity index (χ2n) is 8.59. The van der Waals surface area contributed by atoms with Gasteiger partial charge in [-0.15, -0.1) is 0 Å². The first-order valence-corrected chi connectivity index (χ1v) is 11.5. The second kappa shape index (κ2) is 10.2. The molecule has 0 unspecified atom stereocenters. The molecule has 7 heteroatoms. The number of hydrogen-bond donors (Lipinski definition) is 2. The molecule has 0 bridgehead atoms. The van der Waals surface area contributed by atoms with Crippen molar-refractivity contribution in [2.45, 2.75) is 51.1 Å². The molecule has 164 valence electrons. The summed E-state index contributed by atoms with van der Waals surface area (Å²) in [6, 6.07) is 9.87. The third-order valence-corrected chi connectivity index (χ3v) is 6.42. The number of likely N-dealkylation sites (tertiary alicyclic amines) is 1. The average molecular weight is 441 g/mol. The van der Waals surface area contributed by atoms with E-state index in [1.54, 1.807) is 6.07 Å². The van der Waals surface area contributed by atoms with Crippen LogP contribution in [0.25, 0.3) is 0 Å². The Labute approximate surface area is 188 Å². The molecule has 1 saturated carbocycles. The van der Waals surface area contributed by atoms with E-state index >= 15 is 0 Å². The van der Waals surface area contributed by atoms with Crippen molar-refractivity contribution < 1.29 is 9.59 Å². The fourth-order valence-corrected chi connectivity index (χ4v) is 4.66. The Morgan fingerprint density at radius 1 is 1.06 bits per heavy atom. The smallest absolute Gasteiger partial charge is 0.257 e. The van der Waals surface area contributed by atoms with Crippen molar-refractivity contribution in [2.75, 3.05) is 18.4 Å². The van der Waals surface area contributed by atoms with Crippen LogP contribution in [0.1, 0.15) is 54.4 Å². The fraction of sp³-hybridized carbons (Fsp3) is 0.458. The van der Waals surface area contributed by atoms with Gasteiger partial charge < -0.3 is 10.6 Å². The minimum absolute atomic E-state index is 0.133. The largest absolute Gasteiger partial charge is 0.353 e. The van der Waals surface area contributed by atoms with Crippen molar-refractivity contribution in [2.24, 2.45) is 5.92 Å². The molecular weight excluding hydrogens is 412 g/mol. The van der Waals surface area contributed by atoms with E-state index in [-0.39, 0.29) is 17.7 Å². The molecule has 2 aliphatic rings. The third kappa shape index (κ3) is 6.05. The molecule has 0 atom stereocenters. The minimum atomic E-state index is -0.235. The first-order valence-electron chi connectivity index (χ1n) is 11.1. The summed E-state index contributed by atoms with van der Waals surface area (Å²) in [4.78, 5) is 31.3. The maximum Gasteiger partial charge on any atom is 0.257 e. The molecule has 1 saturated heterocycles. The summed E-state index contributed by atoms with van der Waals surface area (Å²) in [5.41, 5.74) is 2.31. The van der Waals surface area contributed by atoms with E-state index in [0.29, 0.717) is 16.6 Å². The summed E-state index contributed by atoms with van der Waals surface area (Å²) < 4.78 is 0. The number of halogens is 1. The fourth-order valence-electron chi connectivity index (χ4n) is 4.49. The van der Waals surface area contributed by atoms with Crippen molar-refractivity contribution in [3.63, 3.8) is 0 Å². The highest BCUT2D eigenvalue weighted by Gasteiger charge is 2.27. The van der Waals surface area contributed by atoms with Crippen LogP contribution >= 0.6 is 11.6 Å². The van der Waals surface area contributed by atoms with E-state index in [1.165, 1.54) is 25.2 Å². The molecule has 2 aromatic rings. The van der Waals surface area contributed by atoms with E-state index in [4.69, 9.17) is 11.6 Å². The number of anilines is 1. The highest BCUT2D eigenvalue weighted by Crippen LogP contribution is 2.23. The van der Waals surface area contributed by atoms with Gasteiger partial charge in [-0.3, -0.25) is 19.5 Å². The van der Waals surface area contributed by atoms with Gasteiger partial charge in [0, 0.05) is 36.6 Å². The van der Waals surface area contributed by atoms with Gasteiger partial charge in [-0.2, -0.15) is 0 Å². The number of nitrogens with zero attached hydrogens (tertiary/aromatic N) is 2. The number of carbonyl (C=O) groups excluding carboxylic acids is 2. The lowest BCUT2D eigenvalue weighted by molar-refractivity contribution is -0.127. The van der Waals surface area contributed by atoms with Crippen molar-refractivity contribution in [1.29, 1.82) is 0 Å². The molecule has 0 spiro atoms. The number of aromatic nitrogens is 1. The van der Waals surface area contributed by atoms with Gasteiger partial charge in [-0.1, -0.05) is 36.6 Å². The van der Waals surface area contributed by atoms with Crippen LogP contribution in [0.3, 0.4) is 0 Å². The number of benzene rings is 1. The van der Waals surface area contributed by atoms with Gasteiger partial charge in [0.15, 0.2) is 0 Å². The Kier molecular flexibility index (Phi) is 7.20. The molecule has 1 aliphatic carbocycles. The van der Waals surface area contributed by atoms with E-state index in [2.05, 4.69) is 26.6 Å². The Hall–Kier alpha value is -2.44. The lowest BCUT2D eigenvalue weighted by Gasteiger charge is -2.32. The lowest BCUT2D eigenvalue weighted by atomic mass is 9.95. The zero-order chi connectivity index (χ0) is 21.6. The van der Waals surface area contributed by atoms with E-state index < -0.39 is 0 Å². The van der Waals surface area contributed by atoms with Crippen LogP contribution < -0.4 is 10.6 Å². The van der Waals surface area contributed by atoms with Gasteiger partial charge in [-0.25, -0.2) is 0 Å². The van der Waals surface area contributed by atoms with Crippen molar-refractivity contribution >= 4 is 29.1 Å². The van der Waals surface area contributed by atoms with Crippen LogP contribution in [-0.2, 0) is 11.3 Å². The van der Waals surface area contributed by atoms with E-state index in [1.807, 2.05) is 18.2 Å². The van der Waals surface area contributed by atoms with Crippen molar-refractivity contribution in [3.8, 4) is 0 Å². The van der Waals surface area contributed by atoms with Gasteiger partial charge in [0.05, 0.1) is 10.6 Å². The predicted molar refractivity (Wildman–Crippen MR) is 122 cm³/mol. The predicted octanol–water partition coefficient (Wildman–Crippen LogP) is 4.26. The first kappa shape index (κ1) is 21.8. The molecule has 2 amide bonds. The summed E-state index contributed by atoms with van der Waals surface area (Å²) in [6.07, 6.45) is 9.53. The van der Waals surface area contributed by atoms with Crippen LogP contribution in [0.2, 0.25) is 5.02 Å². The lowest BCUT2D eigenvalue weighted by Crippen LogP contribution is -2.42. The Morgan fingerprint density at radius 3 is 2.58 bits per heavy atom. The molecule has 6 nitrogen and oxygen atoms in total. The first-order chi connectivity index (χ1) is 15.1. The summed E-state index contributed by atoms with van der Waals surface area (Å²) in [7, 11) is 0. The van der Waals surface area contributed by atoms with Crippen LogP contribution in [0.4, 0.5) is 5.69 Å². The van der Waals surface area contributed by atoms with Gasteiger partial charge in [-0.05, 0) is 62.5 Å². The monoisotopic (exact) mass is 440 g/mol. The highest BCUT2D eigenvalue weighted by atomic mass is 35.5. The molecular formula is C24H29ClN4O2. The number of piperidine rings is 1. The molecule has 2 heterocycles. The maximum absolute atomic E-state index is 12.5. The number of hydrogen-bond acceptors (Lipinski definition) is 4. The number of pyridine rings is 1. The molecule has 1 aromatic heterocycles. The molecule has 4 rings (SSSR count). The normalized spacial score (nSPS) is 18.1. The Bertz CT molecular complexity index is 921. The van der Waals surface area contributed by atoms with Gasteiger partial charge in [0.1, 0.15) is 0 Å². The molecule has 1 aliphatic heterocycles. The number of rotatable bonds is 6. The Morgan fingerprint density at radius 2 is 1.84 bits per heavy atom. The van der Waals surface area contributed by atoms with E-state index in [0.717, 1.165) is 56.6 Å². The zero-order valence-corrected chi connectivity index (χ0v) is 18.4. The quantitative estimate of drug-likeness (QED) is 0.703. The molecule has 1 aromatic carbocycles. The SMILES string of the molecule is O=C(Nc1cccc(CN2CCC(C(=O)NC3CCCC3)CC2)c1)c1cncc(Cl)c1. The summed E-state index contributed by atoms with van der Waals surface area (Å²) in [5, 5.41) is 6.59. The van der Waals surface area contributed by atoms with Crippen LogP contribution in [0.5, 0.6) is 0 Å². The molecule has 2 N–H and O–H groups in total. The van der Waals surface area contributed by atoms with Gasteiger partial charge in [0.2, 0.25) is 5.91 Å². The molecule has 2 fully saturated rings. The minimum Gasteiger partial charge on any atom is -0.353 e. The zero-order valence-electron chi connectivity index (χ0n) is 17.6. The van der Waals surface area contributed by atoms with Crippen molar-refractivity contribution in [3.05, 3.63) is 58.9 Å². The Balaban J connectivity index is 1.27. The summed E-state index contributed by atoms with van der Waals surface area (Å²) in [6.45, 7) is 2.63. The van der Waals surface area contributed by atoms with Gasteiger partial charge in [0.25, 0.3) is 5.91 Å². The number of amides is 2. The molecule has 0 radical (unpaired) electrons. The highest BCUT2D eigenvalue weighted by molar-refractivity contribution is 6.30. The standard InChI is InChI=1S/C24H29ClN4O2/c25-20-13-19(14-26-15-20)24(31)28-22-7-3-4-17(12-22)16-29-10-8-18(9-11-29)23(30)27-21-5-1-2-6-21/h3-4,7,12-15,18,21H,1-2,5-6,8-11,16H2,(H,27,30)(H,28,31). The summed E-state index contributed by atoms with van der Waals surface area (Å²) >= 11 is 5.92. The van der Waals surface area contributed by atoms with Crippen LogP contribution in [-0.4, -0.2) is 40.8 Å². The number of carbonyl (C=O) groups is 2. The van der Waals surface area contributed by atoms with Gasteiger partial charge >= 0.3 is 0 Å². The third-order valence-electron chi connectivity index (χ3n) is 6.22. The maximum atomic E-state index is 12.5. The molecule has 31 heavy (non-hydrogen) atoms.